The fraction of sp³-hybridized carbons (Fsp3) is 0.412. The lowest BCUT2D eigenvalue weighted by Gasteiger charge is -2.29. The van der Waals surface area contributed by atoms with Gasteiger partial charge in [-0.2, -0.15) is 0 Å². The first-order valence-corrected chi connectivity index (χ1v) is 7.74. The van der Waals surface area contributed by atoms with E-state index < -0.39 is 0 Å². The summed E-state index contributed by atoms with van der Waals surface area (Å²) in [6.07, 6.45) is 2.09. The lowest BCUT2D eigenvalue weighted by atomic mass is 9.98. The maximum Gasteiger partial charge on any atom is 0.276 e. The molecule has 0 atom stereocenters. The monoisotopic (exact) mass is 298 g/mol. The van der Waals surface area contributed by atoms with Crippen LogP contribution in [-0.2, 0) is 6.61 Å². The van der Waals surface area contributed by atoms with Crippen LogP contribution in [0.25, 0.3) is 11.3 Å². The van der Waals surface area contributed by atoms with Crippen molar-refractivity contribution in [1.29, 1.82) is 0 Å². The van der Waals surface area contributed by atoms with Crippen molar-refractivity contribution in [3.05, 3.63) is 35.5 Å². The van der Waals surface area contributed by atoms with Gasteiger partial charge in [0, 0.05) is 13.1 Å². The first-order chi connectivity index (χ1) is 10.7. The molecule has 1 fully saturated rings. The summed E-state index contributed by atoms with van der Waals surface area (Å²) in [5.74, 6) is 2.08. The van der Waals surface area contributed by atoms with Gasteiger partial charge in [0.1, 0.15) is 12.4 Å². The Balaban J connectivity index is 1.66. The third-order valence-electron chi connectivity index (χ3n) is 4.57. The highest BCUT2D eigenvalue weighted by Crippen LogP contribution is 2.38. The van der Waals surface area contributed by atoms with Crippen molar-refractivity contribution >= 4 is 5.91 Å². The predicted molar refractivity (Wildman–Crippen MR) is 80.6 cm³/mol. The molecule has 1 amide bonds. The van der Waals surface area contributed by atoms with Gasteiger partial charge >= 0.3 is 0 Å². The third kappa shape index (κ3) is 2.08. The van der Waals surface area contributed by atoms with Crippen LogP contribution in [0.4, 0.5) is 0 Å². The second-order valence-electron chi connectivity index (χ2n) is 6.10. The van der Waals surface area contributed by atoms with E-state index in [0.29, 0.717) is 24.0 Å². The van der Waals surface area contributed by atoms with E-state index in [1.165, 1.54) is 0 Å². The van der Waals surface area contributed by atoms with Gasteiger partial charge < -0.3 is 14.2 Å². The molecule has 0 N–H and O–H groups in total. The highest BCUT2D eigenvalue weighted by molar-refractivity contribution is 5.95. The number of rotatable bonds is 1. The van der Waals surface area contributed by atoms with E-state index in [4.69, 9.17) is 9.26 Å². The molecule has 0 spiro atoms. The molecule has 4 rings (SSSR count). The van der Waals surface area contributed by atoms with Crippen molar-refractivity contribution < 1.29 is 14.1 Å². The molecule has 1 aromatic heterocycles. The van der Waals surface area contributed by atoms with Crippen molar-refractivity contribution in [3.63, 3.8) is 0 Å². The molecule has 2 aliphatic heterocycles. The van der Waals surface area contributed by atoms with Gasteiger partial charge in [-0.3, -0.25) is 4.79 Å². The molecule has 0 bridgehead atoms. The van der Waals surface area contributed by atoms with E-state index >= 15 is 0 Å². The number of ether oxygens (including phenoxy) is 1. The van der Waals surface area contributed by atoms with Gasteiger partial charge in [-0.15, -0.1) is 0 Å². The Bertz CT molecular complexity index is 714. The van der Waals surface area contributed by atoms with Crippen molar-refractivity contribution in [3.8, 4) is 17.1 Å². The topological polar surface area (TPSA) is 55.6 Å². The van der Waals surface area contributed by atoms with Crippen LogP contribution in [-0.4, -0.2) is 29.1 Å². The average molecular weight is 298 g/mol. The fourth-order valence-electron chi connectivity index (χ4n) is 3.11. The van der Waals surface area contributed by atoms with E-state index in [1.54, 1.807) is 0 Å². The van der Waals surface area contributed by atoms with Crippen LogP contribution in [0.2, 0.25) is 0 Å². The zero-order valence-corrected chi connectivity index (χ0v) is 12.5. The summed E-state index contributed by atoms with van der Waals surface area (Å²) in [6, 6.07) is 7.66. The Hall–Kier alpha value is -2.30. The van der Waals surface area contributed by atoms with Crippen LogP contribution in [0.1, 0.15) is 35.8 Å². The zero-order valence-electron chi connectivity index (χ0n) is 12.5. The van der Waals surface area contributed by atoms with Crippen LogP contribution >= 0.6 is 0 Å². The maximum atomic E-state index is 12.7. The number of aromatic nitrogens is 1. The minimum absolute atomic E-state index is 0.0418. The van der Waals surface area contributed by atoms with Gasteiger partial charge in [-0.05, 0) is 30.9 Å². The Labute approximate surface area is 128 Å². The number of carbonyl (C=O) groups excluding carboxylic acids is 1. The highest BCUT2D eigenvalue weighted by atomic mass is 16.5. The van der Waals surface area contributed by atoms with Gasteiger partial charge in [0.05, 0.1) is 11.1 Å². The Morgan fingerprint density at radius 3 is 2.86 bits per heavy atom. The largest absolute Gasteiger partial charge is 0.488 e. The van der Waals surface area contributed by atoms with Gasteiger partial charge in [0.15, 0.2) is 11.5 Å². The fourth-order valence-corrected chi connectivity index (χ4v) is 3.11. The van der Waals surface area contributed by atoms with Crippen LogP contribution in [0.5, 0.6) is 5.75 Å². The number of fused-ring (bicyclic) bond motifs is 3. The number of carbonyl (C=O) groups is 1. The van der Waals surface area contributed by atoms with E-state index in [1.807, 2.05) is 29.2 Å². The quantitative estimate of drug-likeness (QED) is 0.811. The molecule has 0 aliphatic carbocycles. The average Bonchev–Trinajstić information content (AvgIpc) is 2.99. The summed E-state index contributed by atoms with van der Waals surface area (Å²) in [7, 11) is 0. The number of para-hydroxylation sites is 1. The summed E-state index contributed by atoms with van der Waals surface area (Å²) in [5.41, 5.74) is 2.03. The van der Waals surface area contributed by atoms with Crippen LogP contribution < -0.4 is 4.74 Å². The molecule has 0 radical (unpaired) electrons. The first-order valence-electron chi connectivity index (χ1n) is 7.74. The van der Waals surface area contributed by atoms with E-state index in [0.717, 1.165) is 42.8 Å². The second-order valence-corrected chi connectivity index (χ2v) is 6.10. The smallest absolute Gasteiger partial charge is 0.276 e. The van der Waals surface area contributed by atoms with E-state index in [-0.39, 0.29) is 5.91 Å². The van der Waals surface area contributed by atoms with Gasteiger partial charge in [0.25, 0.3) is 5.91 Å². The molecule has 114 valence electrons. The Morgan fingerprint density at radius 1 is 1.27 bits per heavy atom. The van der Waals surface area contributed by atoms with Crippen LogP contribution in [0.15, 0.2) is 28.8 Å². The highest BCUT2D eigenvalue weighted by Gasteiger charge is 2.31. The minimum atomic E-state index is -0.0418. The molecule has 1 aromatic carbocycles. The third-order valence-corrected chi connectivity index (χ3v) is 4.57. The van der Waals surface area contributed by atoms with E-state index in [2.05, 4.69) is 12.1 Å². The SMILES string of the molecule is CC1CCN(C(=O)c2noc3c2COc2ccccc2-3)CC1. The van der Waals surface area contributed by atoms with Gasteiger partial charge in [0.2, 0.25) is 0 Å². The van der Waals surface area contributed by atoms with Crippen LogP contribution in [0, 0.1) is 5.92 Å². The minimum Gasteiger partial charge on any atom is -0.488 e. The van der Waals surface area contributed by atoms with Crippen molar-refractivity contribution in [2.45, 2.75) is 26.4 Å². The number of likely N-dealkylation sites (tertiary alicyclic amines) is 1. The number of nitrogens with zero attached hydrogens (tertiary/aromatic N) is 2. The molecule has 22 heavy (non-hydrogen) atoms. The first kappa shape index (κ1) is 13.4. The summed E-state index contributed by atoms with van der Waals surface area (Å²) in [6.45, 7) is 4.14. The molecule has 5 heteroatoms. The van der Waals surface area contributed by atoms with E-state index in [9.17, 15) is 4.79 Å². The van der Waals surface area contributed by atoms with Crippen molar-refractivity contribution in [2.75, 3.05) is 13.1 Å². The Morgan fingerprint density at radius 2 is 2.05 bits per heavy atom. The maximum absolute atomic E-state index is 12.7. The predicted octanol–water partition coefficient (Wildman–Crippen LogP) is 3.11. The number of hydrogen-bond donors (Lipinski definition) is 0. The molecule has 3 heterocycles. The molecular weight excluding hydrogens is 280 g/mol. The summed E-state index contributed by atoms with van der Waals surface area (Å²) in [5, 5.41) is 4.04. The number of benzene rings is 1. The number of amides is 1. The van der Waals surface area contributed by atoms with Gasteiger partial charge in [-0.1, -0.05) is 24.2 Å². The second kappa shape index (κ2) is 5.16. The number of hydrogen-bond acceptors (Lipinski definition) is 4. The lowest BCUT2D eigenvalue weighted by Crippen LogP contribution is -2.38. The lowest BCUT2D eigenvalue weighted by molar-refractivity contribution is 0.0684. The molecule has 5 nitrogen and oxygen atoms in total. The normalized spacial score (nSPS) is 17.6. The summed E-state index contributed by atoms with van der Waals surface area (Å²) >= 11 is 0. The molecular formula is C17H18N2O3. The molecule has 1 saturated heterocycles. The zero-order chi connectivity index (χ0) is 15.1. The Kier molecular flexibility index (Phi) is 3.13. The van der Waals surface area contributed by atoms with Gasteiger partial charge in [-0.25, -0.2) is 0 Å². The summed E-state index contributed by atoms with van der Waals surface area (Å²) < 4.78 is 11.2. The standard InChI is InChI=1S/C17H18N2O3/c1-11-6-8-19(9-7-11)17(20)15-13-10-21-14-5-3-2-4-12(14)16(13)22-18-15/h2-5,11H,6-10H2,1H3. The van der Waals surface area contributed by atoms with Crippen molar-refractivity contribution in [2.24, 2.45) is 5.92 Å². The molecule has 2 aliphatic rings. The summed E-state index contributed by atoms with van der Waals surface area (Å²) in [4.78, 5) is 14.6. The number of piperidine rings is 1. The van der Waals surface area contributed by atoms with Crippen molar-refractivity contribution in [1.82, 2.24) is 10.1 Å². The molecule has 0 saturated carbocycles. The molecule has 2 aromatic rings. The van der Waals surface area contributed by atoms with Crippen LogP contribution in [0.3, 0.4) is 0 Å². The molecule has 0 unspecified atom stereocenters.